The van der Waals surface area contributed by atoms with Crippen LogP contribution in [-0.2, 0) is 0 Å². The molecule has 0 unspecified atom stereocenters. The molecule has 0 radical (unpaired) electrons. The predicted octanol–water partition coefficient (Wildman–Crippen LogP) is 3.03. The first-order valence-electron chi connectivity index (χ1n) is 4.65. The monoisotopic (exact) mass is 155 g/mol. The zero-order chi connectivity index (χ0) is 8.69. The summed E-state index contributed by atoms with van der Waals surface area (Å²) >= 11 is 0. The van der Waals surface area contributed by atoms with Crippen LogP contribution in [0.5, 0.6) is 0 Å². The van der Waals surface area contributed by atoms with E-state index < -0.39 is 0 Å². The third-order valence-electron chi connectivity index (χ3n) is 1.86. The number of allylic oxidation sites excluding steroid dienone is 1. The van der Waals surface area contributed by atoms with Gasteiger partial charge in [-0.2, -0.15) is 0 Å². The molecule has 0 spiro atoms. The maximum Gasteiger partial charge on any atom is 0.0143 e. The average molecular weight is 155 g/mol. The highest BCUT2D eigenvalue weighted by atomic mass is 15.1. The molecule has 0 heterocycles. The van der Waals surface area contributed by atoms with Crippen LogP contribution in [0.15, 0.2) is 11.8 Å². The summed E-state index contributed by atoms with van der Waals surface area (Å²) in [5.74, 6) is 0. The molecule has 11 heavy (non-hydrogen) atoms. The molecule has 0 aromatic carbocycles. The van der Waals surface area contributed by atoms with E-state index in [1.807, 2.05) is 0 Å². The van der Waals surface area contributed by atoms with Crippen molar-refractivity contribution in [1.29, 1.82) is 0 Å². The zero-order valence-corrected chi connectivity index (χ0v) is 8.35. The minimum absolute atomic E-state index is 1.12. The van der Waals surface area contributed by atoms with Crippen LogP contribution < -0.4 is 0 Å². The van der Waals surface area contributed by atoms with Crippen LogP contribution in [0.2, 0.25) is 0 Å². The molecule has 0 aliphatic carbocycles. The van der Waals surface area contributed by atoms with E-state index in [9.17, 15) is 0 Å². The third-order valence-corrected chi connectivity index (χ3v) is 1.86. The number of rotatable bonds is 5. The van der Waals surface area contributed by atoms with Gasteiger partial charge in [0, 0.05) is 13.1 Å². The van der Waals surface area contributed by atoms with Crippen molar-refractivity contribution in [2.24, 2.45) is 0 Å². The van der Waals surface area contributed by atoms with Crippen molar-refractivity contribution < 1.29 is 0 Å². The highest BCUT2D eigenvalue weighted by Gasteiger charge is 1.92. The first-order chi connectivity index (χ1) is 5.24. The second kappa shape index (κ2) is 6.26. The molecule has 0 saturated carbocycles. The van der Waals surface area contributed by atoms with Gasteiger partial charge in [-0.05, 0) is 33.4 Å². The Morgan fingerprint density at radius 3 is 2.09 bits per heavy atom. The van der Waals surface area contributed by atoms with Crippen molar-refractivity contribution >= 4 is 0 Å². The summed E-state index contributed by atoms with van der Waals surface area (Å²) in [5.41, 5.74) is 1.50. The van der Waals surface area contributed by atoms with Gasteiger partial charge in [-0.15, -0.1) is 0 Å². The average Bonchev–Trinajstić information content (AvgIpc) is 2.01. The normalized spacial score (nSPS) is 11.8. The van der Waals surface area contributed by atoms with Gasteiger partial charge in [0.1, 0.15) is 0 Å². The van der Waals surface area contributed by atoms with Crippen molar-refractivity contribution in [1.82, 2.24) is 4.90 Å². The van der Waals surface area contributed by atoms with Crippen LogP contribution in [0, 0.1) is 0 Å². The summed E-state index contributed by atoms with van der Waals surface area (Å²) in [7, 11) is 0. The Morgan fingerprint density at radius 1 is 1.18 bits per heavy atom. The topological polar surface area (TPSA) is 3.24 Å². The van der Waals surface area contributed by atoms with Gasteiger partial charge < -0.3 is 4.90 Å². The Hall–Kier alpha value is -0.460. The molecule has 0 rings (SSSR count). The molecular formula is C10H21N. The van der Waals surface area contributed by atoms with Gasteiger partial charge in [0.15, 0.2) is 0 Å². The van der Waals surface area contributed by atoms with Crippen molar-refractivity contribution in [2.75, 3.05) is 13.1 Å². The lowest BCUT2D eigenvalue weighted by Gasteiger charge is -2.16. The first kappa shape index (κ1) is 10.5. The van der Waals surface area contributed by atoms with Crippen molar-refractivity contribution in [3.8, 4) is 0 Å². The van der Waals surface area contributed by atoms with Gasteiger partial charge >= 0.3 is 0 Å². The van der Waals surface area contributed by atoms with Gasteiger partial charge in [-0.3, -0.25) is 0 Å². The number of hydrogen-bond acceptors (Lipinski definition) is 1. The Balaban J connectivity index is 3.81. The smallest absolute Gasteiger partial charge is 0.0143 e. The van der Waals surface area contributed by atoms with E-state index in [0.717, 1.165) is 13.1 Å². The molecule has 0 amide bonds. The van der Waals surface area contributed by atoms with E-state index >= 15 is 0 Å². The maximum absolute atomic E-state index is 2.34. The summed E-state index contributed by atoms with van der Waals surface area (Å²) in [6.45, 7) is 11.1. The highest BCUT2D eigenvalue weighted by molar-refractivity contribution is 4.96. The maximum atomic E-state index is 2.34. The minimum atomic E-state index is 1.12. The molecule has 0 atom stereocenters. The molecule has 0 aromatic heterocycles. The second-order valence-electron chi connectivity index (χ2n) is 2.95. The lowest BCUT2D eigenvalue weighted by atomic mass is 10.2. The van der Waals surface area contributed by atoms with E-state index in [1.165, 1.54) is 18.4 Å². The SMILES string of the molecule is CCC/C(C)=C/N(CC)CC. The fraction of sp³-hybridized carbons (Fsp3) is 0.800. The summed E-state index contributed by atoms with van der Waals surface area (Å²) in [6, 6.07) is 0. The largest absolute Gasteiger partial charge is 0.378 e. The molecule has 0 aliphatic heterocycles. The molecule has 0 aromatic rings. The van der Waals surface area contributed by atoms with Crippen LogP contribution in [0.4, 0.5) is 0 Å². The Morgan fingerprint density at radius 2 is 1.73 bits per heavy atom. The fourth-order valence-electron chi connectivity index (χ4n) is 1.18. The zero-order valence-electron chi connectivity index (χ0n) is 8.35. The fourth-order valence-corrected chi connectivity index (χ4v) is 1.18. The van der Waals surface area contributed by atoms with Crippen LogP contribution in [0.3, 0.4) is 0 Å². The molecule has 0 fully saturated rings. The highest BCUT2D eigenvalue weighted by Crippen LogP contribution is 2.04. The van der Waals surface area contributed by atoms with E-state index in [-0.39, 0.29) is 0 Å². The molecule has 0 saturated heterocycles. The number of nitrogens with zero attached hydrogens (tertiary/aromatic N) is 1. The van der Waals surface area contributed by atoms with E-state index in [4.69, 9.17) is 0 Å². The Bertz CT molecular complexity index is 112. The van der Waals surface area contributed by atoms with Gasteiger partial charge in [-0.25, -0.2) is 0 Å². The molecule has 66 valence electrons. The van der Waals surface area contributed by atoms with Gasteiger partial charge in [0.2, 0.25) is 0 Å². The number of hydrogen-bond donors (Lipinski definition) is 0. The van der Waals surface area contributed by atoms with Crippen LogP contribution in [-0.4, -0.2) is 18.0 Å². The lowest BCUT2D eigenvalue weighted by Crippen LogP contribution is -2.15. The lowest BCUT2D eigenvalue weighted by molar-refractivity contribution is 0.414. The van der Waals surface area contributed by atoms with E-state index in [0.29, 0.717) is 0 Å². The molecule has 0 N–H and O–H groups in total. The van der Waals surface area contributed by atoms with E-state index in [2.05, 4.69) is 38.8 Å². The van der Waals surface area contributed by atoms with Crippen molar-refractivity contribution in [3.63, 3.8) is 0 Å². The van der Waals surface area contributed by atoms with Crippen LogP contribution in [0.25, 0.3) is 0 Å². The predicted molar refractivity (Wildman–Crippen MR) is 51.6 cm³/mol. The molecule has 1 heteroatoms. The molecule has 1 nitrogen and oxygen atoms in total. The first-order valence-corrected chi connectivity index (χ1v) is 4.65. The summed E-state index contributed by atoms with van der Waals surface area (Å²) < 4.78 is 0. The minimum Gasteiger partial charge on any atom is -0.378 e. The van der Waals surface area contributed by atoms with Crippen LogP contribution >= 0.6 is 0 Å². The second-order valence-corrected chi connectivity index (χ2v) is 2.95. The molecule has 0 bridgehead atoms. The Kier molecular flexibility index (Phi) is 6.00. The Labute approximate surface area is 71.1 Å². The summed E-state index contributed by atoms with van der Waals surface area (Å²) in [6.07, 6.45) is 4.77. The van der Waals surface area contributed by atoms with Crippen LogP contribution in [0.1, 0.15) is 40.5 Å². The van der Waals surface area contributed by atoms with E-state index in [1.54, 1.807) is 0 Å². The standard InChI is InChI=1S/C10H21N/c1-5-8-10(4)9-11(6-2)7-3/h9H,5-8H2,1-4H3/b10-9+. The third kappa shape index (κ3) is 4.88. The van der Waals surface area contributed by atoms with Gasteiger partial charge in [0.05, 0.1) is 0 Å². The molecular weight excluding hydrogens is 134 g/mol. The quantitative estimate of drug-likeness (QED) is 0.590. The summed E-state index contributed by atoms with van der Waals surface area (Å²) in [4.78, 5) is 2.34. The molecule has 0 aliphatic rings. The van der Waals surface area contributed by atoms with Crippen molar-refractivity contribution in [3.05, 3.63) is 11.8 Å². The summed E-state index contributed by atoms with van der Waals surface area (Å²) in [5, 5.41) is 0. The van der Waals surface area contributed by atoms with Gasteiger partial charge in [0.25, 0.3) is 0 Å². The van der Waals surface area contributed by atoms with Crippen molar-refractivity contribution in [2.45, 2.75) is 40.5 Å². The van der Waals surface area contributed by atoms with Gasteiger partial charge in [-0.1, -0.05) is 18.9 Å².